The predicted molar refractivity (Wildman–Crippen MR) is 107 cm³/mol. The highest BCUT2D eigenvalue weighted by Gasteiger charge is 2.17. The summed E-state index contributed by atoms with van der Waals surface area (Å²) in [6.07, 6.45) is 0.938. The number of morpholine rings is 1. The maximum absolute atomic E-state index is 5.44. The Morgan fingerprint density at radius 3 is 2.62 bits per heavy atom. The molecule has 0 bridgehead atoms. The van der Waals surface area contributed by atoms with Gasteiger partial charge in [0.25, 0.3) is 0 Å². The standard InChI is InChI=1S/C20H24N4OS/c1-23(2)19-17-13-16(12-15-6-4-3-5-7-15)26-20(17)22-18(21-19)14-24-8-10-25-11-9-24/h3-7,13H,8-12,14H2,1-2H3. The highest BCUT2D eigenvalue weighted by Crippen LogP contribution is 2.31. The van der Waals surface area contributed by atoms with Crippen LogP contribution in [0.25, 0.3) is 10.2 Å². The molecule has 0 saturated carbocycles. The van der Waals surface area contributed by atoms with E-state index in [4.69, 9.17) is 14.7 Å². The second-order valence-electron chi connectivity index (χ2n) is 6.84. The summed E-state index contributed by atoms with van der Waals surface area (Å²) < 4.78 is 5.44. The minimum atomic E-state index is 0.784. The summed E-state index contributed by atoms with van der Waals surface area (Å²) in [5.41, 5.74) is 1.33. The summed E-state index contributed by atoms with van der Waals surface area (Å²) in [5, 5.41) is 1.15. The largest absolute Gasteiger partial charge is 0.379 e. The first-order chi connectivity index (χ1) is 12.7. The van der Waals surface area contributed by atoms with Crippen LogP contribution in [0.2, 0.25) is 0 Å². The molecule has 4 rings (SSSR count). The molecule has 0 amide bonds. The van der Waals surface area contributed by atoms with E-state index in [0.29, 0.717) is 0 Å². The molecule has 26 heavy (non-hydrogen) atoms. The highest BCUT2D eigenvalue weighted by atomic mass is 32.1. The van der Waals surface area contributed by atoms with Gasteiger partial charge in [0, 0.05) is 38.5 Å². The predicted octanol–water partition coefficient (Wildman–Crippen LogP) is 3.18. The van der Waals surface area contributed by atoms with E-state index in [2.05, 4.69) is 60.3 Å². The minimum absolute atomic E-state index is 0.784. The van der Waals surface area contributed by atoms with Gasteiger partial charge in [-0.3, -0.25) is 4.90 Å². The molecule has 0 spiro atoms. The maximum Gasteiger partial charge on any atom is 0.146 e. The van der Waals surface area contributed by atoms with E-state index in [1.54, 1.807) is 11.3 Å². The number of hydrogen-bond acceptors (Lipinski definition) is 6. The molecule has 1 fully saturated rings. The van der Waals surface area contributed by atoms with Crippen molar-refractivity contribution in [2.45, 2.75) is 13.0 Å². The fourth-order valence-electron chi connectivity index (χ4n) is 3.25. The Bertz CT molecular complexity index is 872. The van der Waals surface area contributed by atoms with Gasteiger partial charge in [-0.15, -0.1) is 11.3 Å². The number of benzene rings is 1. The Morgan fingerprint density at radius 1 is 1.12 bits per heavy atom. The van der Waals surface area contributed by atoms with Crippen molar-refractivity contribution in [3.8, 4) is 0 Å². The molecule has 1 aromatic carbocycles. The SMILES string of the molecule is CN(C)c1nc(CN2CCOCC2)nc2sc(Cc3ccccc3)cc12. The van der Waals surface area contributed by atoms with Crippen molar-refractivity contribution < 1.29 is 4.74 Å². The summed E-state index contributed by atoms with van der Waals surface area (Å²) in [4.78, 5) is 16.6. The molecule has 0 atom stereocenters. The van der Waals surface area contributed by atoms with Gasteiger partial charge in [0.2, 0.25) is 0 Å². The van der Waals surface area contributed by atoms with Crippen LogP contribution in [0.4, 0.5) is 5.82 Å². The van der Waals surface area contributed by atoms with Crippen molar-refractivity contribution >= 4 is 27.4 Å². The van der Waals surface area contributed by atoms with Gasteiger partial charge >= 0.3 is 0 Å². The number of rotatable bonds is 5. The maximum atomic E-state index is 5.44. The van der Waals surface area contributed by atoms with Crippen LogP contribution in [-0.4, -0.2) is 55.3 Å². The van der Waals surface area contributed by atoms with Gasteiger partial charge in [0.15, 0.2) is 0 Å². The number of hydrogen-bond donors (Lipinski definition) is 0. The molecule has 3 aromatic rings. The third kappa shape index (κ3) is 3.87. The number of ether oxygens (including phenoxy) is 1. The number of thiophene rings is 1. The molecule has 0 N–H and O–H groups in total. The Morgan fingerprint density at radius 2 is 1.88 bits per heavy atom. The van der Waals surface area contributed by atoms with Gasteiger partial charge in [-0.25, -0.2) is 9.97 Å². The van der Waals surface area contributed by atoms with Crippen molar-refractivity contribution in [3.63, 3.8) is 0 Å². The van der Waals surface area contributed by atoms with Crippen LogP contribution in [0.3, 0.4) is 0 Å². The Labute approximate surface area is 158 Å². The molecule has 3 heterocycles. The third-order valence-corrected chi connectivity index (χ3v) is 5.61. The quantitative estimate of drug-likeness (QED) is 0.692. The van der Waals surface area contributed by atoms with Crippen LogP contribution in [0.1, 0.15) is 16.3 Å². The van der Waals surface area contributed by atoms with Gasteiger partial charge in [-0.1, -0.05) is 30.3 Å². The van der Waals surface area contributed by atoms with Crippen molar-refractivity contribution in [2.75, 3.05) is 45.3 Å². The number of aromatic nitrogens is 2. The lowest BCUT2D eigenvalue weighted by molar-refractivity contribution is 0.0331. The van der Waals surface area contributed by atoms with Gasteiger partial charge in [-0.2, -0.15) is 0 Å². The Kier molecular flexibility index (Phi) is 5.15. The average Bonchev–Trinajstić information content (AvgIpc) is 3.04. The lowest BCUT2D eigenvalue weighted by atomic mass is 10.1. The van der Waals surface area contributed by atoms with Crippen LogP contribution in [-0.2, 0) is 17.7 Å². The van der Waals surface area contributed by atoms with Crippen LogP contribution < -0.4 is 4.90 Å². The monoisotopic (exact) mass is 368 g/mol. The van der Waals surface area contributed by atoms with Crippen LogP contribution in [0.15, 0.2) is 36.4 Å². The fourth-order valence-corrected chi connectivity index (χ4v) is 4.33. The Balaban J connectivity index is 1.65. The fraction of sp³-hybridized carbons (Fsp3) is 0.400. The average molecular weight is 369 g/mol. The molecule has 136 valence electrons. The molecular weight excluding hydrogens is 344 g/mol. The number of nitrogens with zero attached hydrogens (tertiary/aromatic N) is 4. The minimum Gasteiger partial charge on any atom is -0.379 e. The zero-order valence-corrected chi connectivity index (χ0v) is 16.1. The molecule has 0 aliphatic carbocycles. The molecule has 2 aromatic heterocycles. The van der Waals surface area contributed by atoms with Crippen molar-refractivity contribution in [2.24, 2.45) is 0 Å². The van der Waals surface area contributed by atoms with Gasteiger partial charge in [-0.05, 0) is 11.6 Å². The van der Waals surface area contributed by atoms with Crippen molar-refractivity contribution in [1.82, 2.24) is 14.9 Å². The highest BCUT2D eigenvalue weighted by molar-refractivity contribution is 7.18. The van der Waals surface area contributed by atoms with E-state index in [1.807, 2.05) is 0 Å². The number of fused-ring (bicyclic) bond motifs is 1. The second-order valence-corrected chi connectivity index (χ2v) is 7.96. The van der Waals surface area contributed by atoms with Crippen molar-refractivity contribution in [3.05, 3.63) is 52.7 Å². The molecule has 1 saturated heterocycles. The summed E-state index contributed by atoms with van der Waals surface area (Å²) in [6.45, 7) is 4.27. The molecule has 6 heteroatoms. The van der Waals surface area contributed by atoms with Gasteiger partial charge in [0.1, 0.15) is 16.5 Å². The molecule has 0 unspecified atom stereocenters. The van der Waals surface area contributed by atoms with Crippen LogP contribution >= 0.6 is 11.3 Å². The van der Waals surface area contributed by atoms with Gasteiger partial charge < -0.3 is 9.64 Å². The van der Waals surface area contributed by atoms with E-state index in [1.165, 1.54) is 10.4 Å². The number of anilines is 1. The lowest BCUT2D eigenvalue weighted by Crippen LogP contribution is -2.36. The van der Waals surface area contributed by atoms with E-state index < -0.39 is 0 Å². The van der Waals surface area contributed by atoms with Crippen molar-refractivity contribution in [1.29, 1.82) is 0 Å². The summed E-state index contributed by atoms with van der Waals surface area (Å²) in [6, 6.07) is 12.8. The summed E-state index contributed by atoms with van der Waals surface area (Å²) >= 11 is 1.78. The molecule has 5 nitrogen and oxygen atoms in total. The second kappa shape index (κ2) is 7.70. The third-order valence-electron chi connectivity index (χ3n) is 4.58. The first-order valence-corrected chi connectivity index (χ1v) is 9.81. The van der Waals surface area contributed by atoms with E-state index in [-0.39, 0.29) is 0 Å². The van der Waals surface area contributed by atoms with Gasteiger partial charge in [0.05, 0.1) is 25.1 Å². The Hall–Kier alpha value is -2.02. The normalized spacial score (nSPS) is 15.5. The molecule has 1 aliphatic rings. The molecule has 1 aliphatic heterocycles. The topological polar surface area (TPSA) is 41.5 Å². The zero-order chi connectivity index (χ0) is 17.9. The smallest absolute Gasteiger partial charge is 0.146 e. The van der Waals surface area contributed by atoms with E-state index in [9.17, 15) is 0 Å². The first kappa shape index (κ1) is 17.4. The van der Waals surface area contributed by atoms with E-state index in [0.717, 1.165) is 61.1 Å². The van der Waals surface area contributed by atoms with Crippen LogP contribution in [0.5, 0.6) is 0 Å². The molecular formula is C20H24N4OS. The van der Waals surface area contributed by atoms with E-state index >= 15 is 0 Å². The first-order valence-electron chi connectivity index (χ1n) is 9.00. The zero-order valence-electron chi connectivity index (χ0n) is 15.3. The summed E-state index contributed by atoms with van der Waals surface area (Å²) in [7, 11) is 4.10. The molecule has 0 radical (unpaired) electrons. The van der Waals surface area contributed by atoms with Crippen LogP contribution in [0, 0.1) is 0 Å². The lowest BCUT2D eigenvalue weighted by Gasteiger charge is -2.26. The summed E-state index contributed by atoms with van der Waals surface area (Å²) in [5.74, 6) is 1.91.